The van der Waals surface area contributed by atoms with Crippen molar-refractivity contribution >= 4 is 11.4 Å². The molecule has 0 unspecified atom stereocenters. The highest BCUT2D eigenvalue weighted by Gasteiger charge is 2.16. The number of benzene rings is 1. The third kappa shape index (κ3) is 7.95. The van der Waals surface area contributed by atoms with Crippen LogP contribution in [0.3, 0.4) is 0 Å². The van der Waals surface area contributed by atoms with E-state index in [0.717, 1.165) is 67.8 Å². The van der Waals surface area contributed by atoms with E-state index >= 15 is 0 Å². The molecule has 2 heteroatoms. The monoisotopic (exact) mass is 454 g/mol. The van der Waals surface area contributed by atoms with E-state index in [1.165, 1.54) is 5.70 Å². The molecule has 0 aliphatic heterocycles. The fourth-order valence-electron chi connectivity index (χ4n) is 3.90. The molecule has 0 fully saturated rings. The van der Waals surface area contributed by atoms with Gasteiger partial charge in [-0.2, -0.15) is 0 Å². The van der Waals surface area contributed by atoms with Crippen molar-refractivity contribution in [3.8, 4) is 0 Å². The second-order valence-corrected chi connectivity index (χ2v) is 8.28. The average Bonchev–Trinajstić information content (AvgIpc) is 2.87. The average molecular weight is 455 g/mol. The van der Waals surface area contributed by atoms with E-state index in [4.69, 9.17) is 0 Å². The Morgan fingerprint density at radius 3 is 2.26 bits per heavy atom. The number of hydrogen-bond donors (Lipinski definition) is 0. The van der Waals surface area contributed by atoms with E-state index in [-0.39, 0.29) is 0 Å². The lowest BCUT2D eigenvalue weighted by Crippen LogP contribution is -2.23. The summed E-state index contributed by atoms with van der Waals surface area (Å²) in [4.78, 5) is 4.64. The van der Waals surface area contributed by atoms with Crippen molar-refractivity contribution in [2.24, 2.45) is 0 Å². The molecule has 34 heavy (non-hydrogen) atoms. The molecule has 0 heterocycles. The number of anilines is 2. The van der Waals surface area contributed by atoms with Crippen LogP contribution in [-0.2, 0) is 0 Å². The summed E-state index contributed by atoms with van der Waals surface area (Å²) < 4.78 is 0. The van der Waals surface area contributed by atoms with E-state index < -0.39 is 0 Å². The van der Waals surface area contributed by atoms with Crippen molar-refractivity contribution in [1.82, 2.24) is 0 Å². The number of hydrogen-bond acceptors (Lipinski definition) is 2. The molecule has 1 aromatic carbocycles. The number of nitrogens with zero attached hydrogens (tertiary/aromatic N) is 2. The first kappa shape index (κ1) is 27.0. The molecule has 1 aliphatic rings. The van der Waals surface area contributed by atoms with Crippen LogP contribution in [0.25, 0.3) is 0 Å². The standard InChI is InChI=1S/C32H42N2/c1-6-11-13-17-27-33(29(18-8-3)19-9-4)30-23-25-32(26-24-30)34(28(10-5)20-12-7-2)31-21-15-14-16-22-31/h8-10,13,15,17-26H,3,5-7,11-12,14,16,27H2,1-2,4H3/b17-13-,19-9-,28-20+,29-18+. The Labute approximate surface area is 208 Å². The van der Waals surface area contributed by atoms with Gasteiger partial charge < -0.3 is 9.80 Å². The minimum Gasteiger partial charge on any atom is -0.338 e. The third-order valence-electron chi connectivity index (χ3n) is 5.61. The number of allylic oxidation sites excluding steroid dienone is 10. The van der Waals surface area contributed by atoms with Gasteiger partial charge in [-0.25, -0.2) is 0 Å². The van der Waals surface area contributed by atoms with Crippen molar-refractivity contribution < 1.29 is 0 Å². The SMILES string of the molecule is C=C/C=C(\C=C/C)N(C/C=C\CCC)c1ccc(N(C2=CCCC=C2)/C(C=C)=C/CCC)cc1. The Hall–Kier alpha value is -3.26. The lowest BCUT2D eigenvalue weighted by molar-refractivity contribution is 0.936. The lowest BCUT2D eigenvalue weighted by Gasteiger charge is -2.30. The maximum atomic E-state index is 4.11. The van der Waals surface area contributed by atoms with Crippen molar-refractivity contribution in [1.29, 1.82) is 0 Å². The molecule has 0 radical (unpaired) electrons. The molecule has 0 N–H and O–H groups in total. The van der Waals surface area contributed by atoms with Crippen LogP contribution < -0.4 is 9.80 Å². The van der Waals surface area contributed by atoms with Crippen LogP contribution in [0, 0.1) is 0 Å². The van der Waals surface area contributed by atoms with Crippen LogP contribution >= 0.6 is 0 Å². The molecule has 1 aromatic rings. The van der Waals surface area contributed by atoms with E-state index in [1.54, 1.807) is 0 Å². The highest BCUT2D eigenvalue weighted by Crippen LogP contribution is 2.31. The third-order valence-corrected chi connectivity index (χ3v) is 5.61. The van der Waals surface area contributed by atoms with Crippen molar-refractivity contribution in [2.75, 3.05) is 16.3 Å². The van der Waals surface area contributed by atoms with E-state index in [9.17, 15) is 0 Å². The summed E-state index contributed by atoms with van der Waals surface area (Å²) >= 11 is 0. The molecule has 0 amide bonds. The summed E-state index contributed by atoms with van der Waals surface area (Å²) in [6.07, 6.45) is 30.3. The highest BCUT2D eigenvalue weighted by molar-refractivity contribution is 5.67. The first-order chi connectivity index (χ1) is 16.7. The van der Waals surface area contributed by atoms with Crippen LogP contribution in [0.1, 0.15) is 59.3 Å². The van der Waals surface area contributed by atoms with Crippen molar-refractivity contribution in [2.45, 2.75) is 59.3 Å². The molecule has 180 valence electrons. The topological polar surface area (TPSA) is 6.48 Å². The minimum absolute atomic E-state index is 0.815. The molecular formula is C32H42N2. The first-order valence-corrected chi connectivity index (χ1v) is 12.7. The normalized spacial score (nSPS) is 14.5. The van der Waals surface area contributed by atoms with Gasteiger partial charge in [0.05, 0.1) is 0 Å². The van der Waals surface area contributed by atoms with Gasteiger partial charge in [0, 0.05) is 35.0 Å². The van der Waals surface area contributed by atoms with Crippen LogP contribution in [0.2, 0.25) is 0 Å². The van der Waals surface area contributed by atoms with E-state index in [0.29, 0.717) is 0 Å². The van der Waals surface area contributed by atoms with Gasteiger partial charge in [-0.1, -0.05) is 82.4 Å². The Morgan fingerprint density at radius 2 is 1.68 bits per heavy atom. The Kier molecular flexibility index (Phi) is 12.3. The Balaban J connectivity index is 2.46. The van der Waals surface area contributed by atoms with Gasteiger partial charge in [0.15, 0.2) is 0 Å². The summed E-state index contributed by atoms with van der Waals surface area (Å²) in [5, 5.41) is 0. The number of rotatable bonds is 14. The largest absolute Gasteiger partial charge is 0.338 e. The summed E-state index contributed by atoms with van der Waals surface area (Å²) in [5.41, 5.74) is 5.76. The number of unbranched alkanes of at least 4 members (excludes halogenated alkanes) is 2. The summed E-state index contributed by atoms with van der Waals surface area (Å²) in [6.45, 7) is 15.3. The van der Waals surface area contributed by atoms with E-state index in [2.05, 4.69) is 116 Å². The van der Waals surface area contributed by atoms with Crippen LogP contribution in [0.15, 0.2) is 121 Å². The van der Waals surface area contributed by atoms with Gasteiger partial charge >= 0.3 is 0 Å². The molecule has 1 aliphatic carbocycles. The summed E-state index contributed by atoms with van der Waals surface area (Å²) in [7, 11) is 0. The maximum Gasteiger partial charge on any atom is 0.0462 e. The molecule has 0 aromatic heterocycles. The Bertz CT molecular complexity index is 951. The quantitative estimate of drug-likeness (QED) is 0.204. The molecule has 0 saturated heterocycles. The molecule has 0 spiro atoms. The molecule has 0 atom stereocenters. The van der Waals surface area contributed by atoms with Crippen LogP contribution in [-0.4, -0.2) is 6.54 Å². The lowest BCUT2D eigenvalue weighted by atomic mass is 10.1. The second-order valence-electron chi connectivity index (χ2n) is 8.28. The fourth-order valence-corrected chi connectivity index (χ4v) is 3.90. The van der Waals surface area contributed by atoms with Gasteiger partial charge in [0.2, 0.25) is 0 Å². The van der Waals surface area contributed by atoms with Gasteiger partial charge in [-0.05, 0) is 81.2 Å². The van der Waals surface area contributed by atoms with E-state index in [1.807, 2.05) is 19.1 Å². The predicted molar refractivity (Wildman–Crippen MR) is 153 cm³/mol. The molecular weight excluding hydrogens is 412 g/mol. The van der Waals surface area contributed by atoms with Crippen LogP contribution in [0.4, 0.5) is 11.4 Å². The maximum absolute atomic E-state index is 4.11. The van der Waals surface area contributed by atoms with Crippen molar-refractivity contribution in [3.05, 3.63) is 121 Å². The summed E-state index contributed by atoms with van der Waals surface area (Å²) in [5.74, 6) is 0. The highest BCUT2D eigenvalue weighted by atomic mass is 15.2. The molecule has 2 rings (SSSR count). The molecule has 2 nitrogen and oxygen atoms in total. The smallest absolute Gasteiger partial charge is 0.0462 e. The van der Waals surface area contributed by atoms with Gasteiger partial charge in [0.1, 0.15) is 0 Å². The summed E-state index contributed by atoms with van der Waals surface area (Å²) in [6, 6.07) is 8.85. The predicted octanol–water partition coefficient (Wildman–Crippen LogP) is 9.41. The van der Waals surface area contributed by atoms with Gasteiger partial charge in [0.25, 0.3) is 0 Å². The van der Waals surface area contributed by atoms with Crippen molar-refractivity contribution in [3.63, 3.8) is 0 Å². The van der Waals surface area contributed by atoms with Crippen LogP contribution in [0.5, 0.6) is 0 Å². The zero-order valence-electron chi connectivity index (χ0n) is 21.4. The molecule has 0 saturated carbocycles. The molecule has 0 bridgehead atoms. The zero-order chi connectivity index (χ0) is 24.6. The van der Waals surface area contributed by atoms with Gasteiger partial charge in [-0.15, -0.1) is 0 Å². The first-order valence-electron chi connectivity index (χ1n) is 12.7. The fraction of sp³-hybridized carbons (Fsp3) is 0.312. The minimum atomic E-state index is 0.815. The Morgan fingerprint density at radius 1 is 0.941 bits per heavy atom. The van der Waals surface area contributed by atoms with Gasteiger partial charge in [-0.3, -0.25) is 0 Å². The second kappa shape index (κ2) is 15.6. The zero-order valence-corrected chi connectivity index (χ0v) is 21.4.